The van der Waals surface area contributed by atoms with Crippen LogP contribution in [0.4, 0.5) is 0 Å². The van der Waals surface area contributed by atoms with Gasteiger partial charge in [-0.05, 0) is 39.0 Å². The fourth-order valence-corrected chi connectivity index (χ4v) is 1.89. The van der Waals surface area contributed by atoms with Crippen LogP contribution in [-0.4, -0.2) is 23.2 Å². The van der Waals surface area contributed by atoms with E-state index in [1.165, 1.54) is 0 Å². The summed E-state index contributed by atoms with van der Waals surface area (Å²) < 4.78 is 0. The lowest BCUT2D eigenvalue weighted by Gasteiger charge is -2.38. The molecule has 1 unspecified atom stereocenters. The van der Waals surface area contributed by atoms with Crippen LogP contribution in [0.15, 0.2) is 0 Å². The zero-order chi connectivity index (χ0) is 12.2. The largest absolute Gasteiger partial charge is 0.396 e. The average molecular weight is 224 g/mol. The van der Waals surface area contributed by atoms with Gasteiger partial charge in [0.05, 0.1) is 6.07 Å². The lowest BCUT2D eigenvalue weighted by molar-refractivity contribution is -0.133. The van der Waals surface area contributed by atoms with Gasteiger partial charge in [0.15, 0.2) is 0 Å². The number of hydrogen-bond donors (Lipinski definition) is 2. The predicted molar refractivity (Wildman–Crippen MR) is 60.4 cm³/mol. The van der Waals surface area contributed by atoms with E-state index in [0.717, 1.165) is 12.8 Å². The first-order valence-electron chi connectivity index (χ1n) is 5.87. The van der Waals surface area contributed by atoms with Crippen LogP contribution in [-0.2, 0) is 4.79 Å². The monoisotopic (exact) mass is 224 g/mol. The molecule has 0 bridgehead atoms. The molecule has 0 saturated heterocycles. The summed E-state index contributed by atoms with van der Waals surface area (Å²) in [6.45, 7) is 3.92. The molecule has 0 aromatic carbocycles. The first kappa shape index (κ1) is 13.0. The van der Waals surface area contributed by atoms with E-state index in [1.54, 1.807) is 0 Å². The zero-order valence-electron chi connectivity index (χ0n) is 10.0. The Labute approximate surface area is 96.6 Å². The first-order chi connectivity index (χ1) is 7.52. The summed E-state index contributed by atoms with van der Waals surface area (Å²) in [6.07, 6.45) is 3.55. The van der Waals surface area contributed by atoms with Crippen molar-refractivity contribution in [2.24, 2.45) is 5.41 Å². The average Bonchev–Trinajstić information content (AvgIpc) is 2.17. The number of rotatable bonds is 5. The number of nitrogens with zero attached hydrogens (tertiary/aromatic N) is 1. The van der Waals surface area contributed by atoms with Crippen LogP contribution in [0.5, 0.6) is 0 Å². The Morgan fingerprint density at radius 2 is 2.25 bits per heavy atom. The van der Waals surface area contributed by atoms with E-state index in [2.05, 4.69) is 11.4 Å². The second kappa shape index (κ2) is 4.84. The Hall–Kier alpha value is -1.08. The van der Waals surface area contributed by atoms with Crippen molar-refractivity contribution in [2.45, 2.75) is 51.5 Å². The molecular formula is C12H20N2O2. The van der Waals surface area contributed by atoms with Crippen molar-refractivity contribution in [1.29, 1.82) is 5.26 Å². The molecule has 4 nitrogen and oxygen atoms in total. The minimum absolute atomic E-state index is 0.0458. The van der Waals surface area contributed by atoms with Gasteiger partial charge in [-0.2, -0.15) is 5.26 Å². The smallest absolute Gasteiger partial charge is 0.240 e. The summed E-state index contributed by atoms with van der Waals surface area (Å²) >= 11 is 0. The van der Waals surface area contributed by atoms with Crippen molar-refractivity contribution in [2.75, 3.05) is 6.61 Å². The van der Waals surface area contributed by atoms with Crippen molar-refractivity contribution < 1.29 is 9.90 Å². The second-order valence-electron chi connectivity index (χ2n) is 4.89. The van der Waals surface area contributed by atoms with E-state index in [1.807, 2.05) is 13.8 Å². The number of aliphatic hydroxyl groups excluding tert-OH is 1. The number of nitriles is 1. The molecule has 1 fully saturated rings. The van der Waals surface area contributed by atoms with Crippen molar-refractivity contribution in [1.82, 2.24) is 5.32 Å². The van der Waals surface area contributed by atoms with Crippen LogP contribution in [0.1, 0.15) is 46.0 Å². The molecule has 1 amide bonds. The normalized spacial score (nSPS) is 21.4. The predicted octanol–water partition coefficient (Wildman–Crippen LogP) is 1.35. The highest BCUT2D eigenvalue weighted by Gasteiger charge is 2.46. The van der Waals surface area contributed by atoms with Crippen LogP contribution in [0.2, 0.25) is 0 Å². The standard InChI is InChI=1S/C12H20N2O2/c1-3-11(2,7-8-15)14-10(16)12(9-13)5-4-6-12/h15H,3-8H2,1-2H3,(H,14,16). The molecule has 0 aromatic rings. The van der Waals surface area contributed by atoms with Crippen molar-refractivity contribution in [3.8, 4) is 6.07 Å². The lowest BCUT2D eigenvalue weighted by atomic mass is 9.69. The Balaban J connectivity index is 2.66. The van der Waals surface area contributed by atoms with Crippen molar-refractivity contribution in [3.63, 3.8) is 0 Å². The molecule has 4 heteroatoms. The summed E-state index contributed by atoms with van der Waals surface area (Å²) in [7, 11) is 0. The molecule has 1 rings (SSSR count). The van der Waals surface area contributed by atoms with Gasteiger partial charge in [-0.15, -0.1) is 0 Å². The second-order valence-corrected chi connectivity index (χ2v) is 4.89. The SMILES string of the molecule is CCC(C)(CCO)NC(=O)C1(C#N)CCC1. The first-order valence-corrected chi connectivity index (χ1v) is 5.87. The Morgan fingerprint density at radius 3 is 2.56 bits per heavy atom. The van der Waals surface area contributed by atoms with E-state index < -0.39 is 11.0 Å². The van der Waals surface area contributed by atoms with E-state index in [-0.39, 0.29) is 12.5 Å². The zero-order valence-corrected chi connectivity index (χ0v) is 10.0. The van der Waals surface area contributed by atoms with Gasteiger partial charge >= 0.3 is 0 Å². The number of carbonyl (C=O) groups is 1. The maximum Gasteiger partial charge on any atom is 0.240 e. The summed E-state index contributed by atoms with van der Waals surface area (Å²) in [5.74, 6) is -0.168. The Morgan fingerprint density at radius 1 is 1.62 bits per heavy atom. The summed E-state index contributed by atoms with van der Waals surface area (Å²) in [4.78, 5) is 12.0. The molecule has 0 spiro atoms. The number of amides is 1. The quantitative estimate of drug-likeness (QED) is 0.740. The molecule has 0 aliphatic heterocycles. The van der Waals surface area contributed by atoms with E-state index in [0.29, 0.717) is 19.3 Å². The minimum atomic E-state index is -0.800. The lowest BCUT2D eigenvalue weighted by Crippen LogP contribution is -2.54. The highest BCUT2D eigenvalue weighted by molar-refractivity contribution is 5.86. The Bertz CT molecular complexity index is 305. The third kappa shape index (κ3) is 2.35. The number of aliphatic hydroxyl groups is 1. The molecule has 0 aromatic heterocycles. The topological polar surface area (TPSA) is 73.1 Å². The van der Waals surface area contributed by atoms with Crippen molar-refractivity contribution in [3.05, 3.63) is 0 Å². The molecule has 1 aliphatic carbocycles. The van der Waals surface area contributed by atoms with E-state index in [4.69, 9.17) is 10.4 Å². The van der Waals surface area contributed by atoms with Gasteiger partial charge < -0.3 is 10.4 Å². The third-order valence-corrected chi connectivity index (χ3v) is 3.71. The van der Waals surface area contributed by atoms with Crippen LogP contribution >= 0.6 is 0 Å². The molecule has 90 valence electrons. The van der Waals surface area contributed by atoms with Gasteiger partial charge in [0.2, 0.25) is 5.91 Å². The van der Waals surface area contributed by atoms with Gasteiger partial charge in [0.25, 0.3) is 0 Å². The number of nitrogens with one attached hydrogen (secondary N) is 1. The molecule has 1 aliphatic rings. The van der Waals surface area contributed by atoms with Crippen LogP contribution < -0.4 is 5.32 Å². The van der Waals surface area contributed by atoms with Gasteiger partial charge in [-0.3, -0.25) is 4.79 Å². The molecule has 16 heavy (non-hydrogen) atoms. The van der Waals surface area contributed by atoms with Crippen LogP contribution in [0.3, 0.4) is 0 Å². The molecular weight excluding hydrogens is 204 g/mol. The maximum atomic E-state index is 12.0. The van der Waals surface area contributed by atoms with Crippen molar-refractivity contribution >= 4 is 5.91 Å². The van der Waals surface area contributed by atoms with Gasteiger partial charge in [-0.1, -0.05) is 6.92 Å². The van der Waals surface area contributed by atoms with Gasteiger partial charge in [-0.25, -0.2) is 0 Å². The minimum Gasteiger partial charge on any atom is -0.396 e. The number of hydrogen-bond acceptors (Lipinski definition) is 3. The fourth-order valence-electron chi connectivity index (χ4n) is 1.89. The molecule has 0 heterocycles. The highest BCUT2D eigenvalue weighted by Crippen LogP contribution is 2.40. The number of carbonyl (C=O) groups excluding carboxylic acids is 1. The summed E-state index contributed by atoms with van der Waals surface area (Å²) in [5.41, 5.74) is -1.20. The third-order valence-electron chi connectivity index (χ3n) is 3.71. The summed E-state index contributed by atoms with van der Waals surface area (Å²) in [6, 6.07) is 2.13. The van der Waals surface area contributed by atoms with Crippen LogP contribution in [0.25, 0.3) is 0 Å². The maximum absolute atomic E-state index is 12.0. The fraction of sp³-hybridized carbons (Fsp3) is 0.833. The Kier molecular flexibility index (Phi) is 3.93. The molecule has 1 saturated carbocycles. The summed E-state index contributed by atoms with van der Waals surface area (Å²) in [5, 5.41) is 20.9. The molecule has 1 atom stereocenters. The van der Waals surface area contributed by atoms with E-state index in [9.17, 15) is 4.79 Å². The molecule has 0 radical (unpaired) electrons. The van der Waals surface area contributed by atoms with Crippen LogP contribution in [0, 0.1) is 16.7 Å². The van der Waals surface area contributed by atoms with E-state index >= 15 is 0 Å². The molecule has 2 N–H and O–H groups in total. The van der Waals surface area contributed by atoms with Gasteiger partial charge in [0, 0.05) is 12.1 Å². The van der Waals surface area contributed by atoms with Gasteiger partial charge in [0.1, 0.15) is 5.41 Å². The highest BCUT2D eigenvalue weighted by atomic mass is 16.3.